The van der Waals surface area contributed by atoms with Crippen molar-refractivity contribution >= 4 is 28.3 Å². The molecule has 10 heteroatoms. The number of nitrogens with zero attached hydrogens (tertiary/aromatic N) is 4. The molecular weight excluding hydrogens is 501 g/mol. The van der Waals surface area contributed by atoms with Gasteiger partial charge in [-0.25, -0.2) is 14.4 Å². The normalized spacial score (nSPS) is 12.8. The number of rotatable bonds is 8. The monoisotopic (exact) mass is 525 g/mol. The highest BCUT2D eigenvalue weighted by atomic mass is 19.1. The minimum Gasteiger partial charge on any atom is -0.495 e. The molecule has 0 unspecified atom stereocenters. The number of fused-ring (bicyclic) bond motifs is 1. The molecule has 0 aliphatic carbocycles. The van der Waals surface area contributed by atoms with Crippen LogP contribution in [0.5, 0.6) is 17.2 Å². The van der Waals surface area contributed by atoms with Gasteiger partial charge in [-0.05, 0) is 47.5 Å². The van der Waals surface area contributed by atoms with Crippen molar-refractivity contribution in [3.8, 4) is 34.4 Å². The van der Waals surface area contributed by atoms with E-state index in [4.69, 9.17) is 19.5 Å². The largest absolute Gasteiger partial charge is 0.495 e. The number of carbonyl (C=O) groups is 1. The Morgan fingerprint density at radius 3 is 2.51 bits per heavy atom. The second-order valence-electron chi connectivity index (χ2n) is 8.78. The van der Waals surface area contributed by atoms with Crippen molar-refractivity contribution in [2.24, 2.45) is 0 Å². The minimum atomic E-state index is -0.591. The van der Waals surface area contributed by atoms with E-state index in [9.17, 15) is 9.18 Å². The van der Waals surface area contributed by atoms with Crippen molar-refractivity contribution < 1.29 is 23.4 Å². The second-order valence-corrected chi connectivity index (χ2v) is 8.78. The van der Waals surface area contributed by atoms with E-state index in [1.807, 2.05) is 12.1 Å². The van der Waals surface area contributed by atoms with Gasteiger partial charge in [0.15, 0.2) is 11.5 Å². The van der Waals surface area contributed by atoms with Crippen molar-refractivity contribution in [3.05, 3.63) is 78.9 Å². The highest BCUT2D eigenvalue weighted by molar-refractivity contribution is 5.94. The number of halogens is 1. The first-order valence-corrected chi connectivity index (χ1v) is 12.0. The first-order valence-electron chi connectivity index (χ1n) is 12.0. The standard InChI is InChI=1S/C29H24FN5O4/c1-4-28(36)35-14-20(15-35)39-27-11-21-23(12-26(27)38-3)32-16-33-29(21)34-24-10-18(7-8-25(24)37-2)17-5-6-19(13-31)22(30)9-17/h4-12,16,20H,1,14-15H2,2-3H3,(H,32,33,34). The molecule has 0 spiro atoms. The van der Waals surface area contributed by atoms with Crippen LogP contribution in [0.3, 0.4) is 0 Å². The Hall–Kier alpha value is -5.17. The van der Waals surface area contributed by atoms with Gasteiger partial charge in [-0.3, -0.25) is 4.79 Å². The zero-order valence-corrected chi connectivity index (χ0v) is 21.3. The lowest BCUT2D eigenvalue weighted by Gasteiger charge is -2.38. The van der Waals surface area contributed by atoms with E-state index in [0.29, 0.717) is 63.9 Å². The molecule has 9 nitrogen and oxygen atoms in total. The molecule has 4 aromatic rings. The van der Waals surface area contributed by atoms with Gasteiger partial charge < -0.3 is 24.4 Å². The number of likely N-dealkylation sites (tertiary alicyclic amines) is 1. The maximum absolute atomic E-state index is 14.3. The highest BCUT2D eigenvalue weighted by Crippen LogP contribution is 2.38. The van der Waals surface area contributed by atoms with Gasteiger partial charge in [-0.1, -0.05) is 18.7 Å². The summed E-state index contributed by atoms with van der Waals surface area (Å²) in [4.78, 5) is 22.2. The fourth-order valence-electron chi connectivity index (χ4n) is 4.31. The second kappa shape index (κ2) is 10.7. The summed E-state index contributed by atoms with van der Waals surface area (Å²) in [5, 5.41) is 13.0. The summed E-state index contributed by atoms with van der Waals surface area (Å²) >= 11 is 0. The Morgan fingerprint density at radius 1 is 1.08 bits per heavy atom. The lowest BCUT2D eigenvalue weighted by molar-refractivity contribution is -0.134. The number of nitriles is 1. The number of aromatic nitrogens is 2. The molecule has 1 saturated heterocycles. The van der Waals surface area contributed by atoms with Crippen LogP contribution >= 0.6 is 0 Å². The van der Waals surface area contributed by atoms with Crippen LogP contribution in [0.15, 0.2) is 67.5 Å². The number of benzene rings is 3. The maximum atomic E-state index is 14.3. The molecule has 1 fully saturated rings. The average molecular weight is 526 g/mol. The molecule has 1 N–H and O–H groups in total. The molecule has 2 heterocycles. The van der Waals surface area contributed by atoms with E-state index in [2.05, 4.69) is 21.9 Å². The van der Waals surface area contributed by atoms with Crippen molar-refractivity contribution in [3.63, 3.8) is 0 Å². The SMILES string of the molecule is C=CC(=O)N1CC(Oc2cc3c(Nc4cc(-c5ccc(C#N)c(F)c5)ccc4OC)ncnc3cc2OC)C1. The number of hydrogen-bond donors (Lipinski definition) is 1. The van der Waals surface area contributed by atoms with Crippen LogP contribution < -0.4 is 19.5 Å². The molecule has 1 aliphatic rings. The zero-order valence-electron chi connectivity index (χ0n) is 21.3. The van der Waals surface area contributed by atoms with Gasteiger partial charge in [0.2, 0.25) is 5.91 Å². The Labute approximate surface area is 224 Å². The average Bonchev–Trinajstić information content (AvgIpc) is 2.94. The molecule has 0 radical (unpaired) electrons. The van der Waals surface area contributed by atoms with Crippen LogP contribution in [0.25, 0.3) is 22.0 Å². The van der Waals surface area contributed by atoms with Crippen LogP contribution in [0.4, 0.5) is 15.9 Å². The van der Waals surface area contributed by atoms with Gasteiger partial charge in [0.05, 0.1) is 44.1 Å². The van der Waals surface area contributed by atoms with Crippen LogP contribution in [0.1, 0.15) is 5.56 Å². The van der Waals surface area contributed by atoms with Crippen molar-refractivity contribution in [1.82, 2.24) is 14.9 Å². The number of amides is 1. The number of nitrogens with one attached hydrogen (secondary N) is 1. The lowest BCUT2D eigenvalue weighted by Crippen LogP contribution is -2.55. The van der Waals surface area contributed by atoms with E-state index < -0.39 is 5.82 Å². The number of hydrogen-bond acceptors (Lipinski definition) is 8. The maximum Gasteiger partial charge on any atom is 0.246 e. The lowest BCUT2D eigenvalue weighted by atomic mass is 10.0. The van der Waals surface area contributed by atoms with Gasteiger partial charge in [0.25, 0.3) is 0 Å². The topological polar surface area (TPSA) is 110 Å². The smallest absolute Gasteiger partial charge is 0.246 e. The summed E-state index contributed by atoms with van der Waals surface area (Å²) < 4.78 is 31.5. The number of anilines is 2. The first kappa shape index (κ1) is 25.5. The third-order valence-corrected chi connectivity index (χ3v) is 6.42. The highest BCUT2D eigenvalue weighted by Gasteiger charge is 2.31. The Bertz CT molecular complexity index is 1630. The number of ether oxygens (including phenoxy) is 3. The van der Waals surface area contributed by atoms with Crippen LogP contribution in [0, 0.1) is 17.1 Å². The van der Waals surface area contributed by atoms with Gasteiger partial charge in [0, 0.05) is 11.5 Å². The van der Waals surface area contributed by atoms with Crippen LogP contribution in [0.2, 0.25) is 0 Å². The summed E-state index contributed by atoms with van der Waals surface area (Å²) in [5.74, 6) is 1.31. The predicted octanol–water partition coefficient (Wildman–Crippen LogP) is 4.84. The molecular formula is C29H24FN5O4. The fraction of sp³-hybridized carbons (Fsp3) is 0.172. The summed E-state index contributed by atoms with van der Waals surface area (Å²) in [6.07, 6.45) is 2.52. The third-order valence-electron chi connectivity index (χ3n) is 6.42. The predicted molar refractivity (Wildman–Crippen MR) is 144 cm³/mol. The molecule has 196 valence electrons. The molecule has 0 saturated carbocycles. The Kier molecular flexibility index (Phi) is 6.97. The fourth-order valence-corrected chi connectivity index (χ4v) is 4.31. The molecule has 39 heavy (non-hydrogen) atoms. The molecule has 1 aliphatic heterocycles. The zero-order chi connectivity index (χ0) is 27.5. The summed E-state index contributed by atoms with van der Waals surface area (Å²) in [6.45, 7) is 4.41. The van der Waals surface area contributed by atoms with Gasteiger partial charge in [0.1, 0.15) is 35.9 Å². The van der Waals surface area contributed by atoms with Gasteiger partial charge in [-0.2, -0.15) is 5.26 Å². The third kappa shape index (κ3) is 5.02. The van der Waals surface area contributed by atoms with Crippen molar-refractivity contribution in [1.29, 1.82) is 5.26 Å². The molecule has 0 atom stereocenters. The molecule has 3 aromatic carbocycles. The van der Waals surface area contributed by atoms with Crippen molar-refractivity contribution in [2.75, 3.05) is 32.6 Å². The first-order chi connectivity index (χ1) is 18.9. The van der Waals surface area contributed by atoms with E-state index >= 15 is 0 Å². The molecule has 0 bridgehead atoms. The number of methoxy groups -OCH3 is 2. The van der Waals surface area contributed by atoms with Gasteiger partial charge >= 0.3 is 0 Å². The number of carbonyl (C=O) groups excluding carboxylic acids is 1. The molecule has 5 rings (SSSR count). The quantitative estimate of drug-likeness (QED) is 0.326. The minimum absolute atomic E-state index is 0.0200. The Morgan fingerprint density at radius 2 is 1.82 bits per heavy atom. The van der Waals surface area contributed by atoms with Crippen LogP contribution in [-0.4, -0.2) is 54.2 Å². The Balaban J connectivity index is 1.48. The molecule has 1 amide bonds. The van der Waals surface area contributed by atoms with Crippen LogP contribution in [-0.2, 0) is 4.79 Å². The van der Waals surface area contributed by atoms with E-state index in [0.717, 1.165) is 0 Å². The summed E-state index contributed by atoms with van der Waals surface area (Å²) in [7, 11) is 3.10. The van der Waals surface area contributed by atoms with E-state index in [-0.39, 0.29) is 17.6 Å². The summed E-state index contributed by atoms with van der Waals surface area (Å²) in [6, 6.07) is 15.2. The molecule has 1 aromatic heterocycles. The van der Waals surface area contributed by atoms with E-state index in [1.165, 1.54) is 24.5 Å². The van der Waals surface area contributed by atoms with Crippen molar-refractivity contribution in [2.45, 2.75) is 6.10 Å². The summed E-state index contributed by atoms with van der Waals surface area (Å²) in [5.41, 5.74) is 2.52. The van der Waals surface area contributed by atoms with E-state index in [1.54, 1.807) is 49.5 Å². The van der Waals surface area contributed by atoms with Gasteiger partial charge in [-0.15, -0.1) is 0 Å².